The van der Waals surface area contributed by atoms with Crippen LogP contribution in [0, 0.1) is 0 Å². The number of pyridine rings is 1. The molecule has 0 atom stereocenters. The maximum absolute atomic E-state index is 11.6. The largest absolute Gasteiger partial charge is 0.369 e. The van der Waals surface area contributed by atoms with Gasteiger partial charge in [0.2, 0.25) is 0 Å². The highest BCUT2D eigenvalue weighted by atomic mass is 16.1. The van der Waals surface area contributed by atoms with E-state index >= 15 is 0 Å². The van der Waals surface area contributed by atoms with Gasteiger partial charge in [0.15, 0.2) is 0 Å². The van der Waals surface area contributed by atoms with Crippen LogP contribution in [0.15, 0.2) is 36.5 Å². The average Bonchev–Trinajstić information content (AvgIpc) is 3.31. The van der Waals surface area contributed by atoms with Gasteiger partial charge in [-0.2, -0.15) is 0 Å². The van der Waals surface area contributed by atoms with E-state index in [4.69, 9.17) is 5.73 Å². The van der Waals surface area contributed by atoms with Gasteiger partial charge in [0.05, 0.1) is 11.1 Å². The van der Waals surface area contributed by atoms with Crippen LogP contribution in [0.5, 0.6) is 0 Å². The predicted octanol–water partition coefficient (Wildman–Crippen LogP) is 2.23. The van der Waals surface area contributed by atoms with E-state index in [2.05, 4.69) is 25.2 Å². The average molecular weight is 350 g/mol. The summed E-state index contributed by atoms with van der Waals surface area (Å²) in [6, 6.07) is 9.23. The zero-order valence-electron chi connectivity index (χ0n) is 14.5. The summed E-state index contributed by atoms with van der Waals surface area (Å²) in [5.41, 5.74) is 8.15. The number of nitrogens with two attached hydrogens (primary N) is 1. The molecule has 1 aliphatic rings. The lowest BCUT2D eigenvalue weighted by molar-refractivity contribution is 0.100. The Kier molecular flexibility index (Phi) is 4.53. The number of nitrogens with one attached hydrogen (secondary N) is 2. The topological polar surface area (TPSA) is 99.9 Å². The summed E-state index contributed by atoms with van der Waals surface area (Å²) in [6.45, 7) is 4.27. The van der Waals surface area contributed by atoms with Gasteiger partial charge < -0.3 is 20.9 Å². The monoisotopic (exact) mass is 350 g/mol. The van der Waals surface area contributed by atoms with Gasteiger partial charge in [0, 0.05) is 24.8 Å². The normalized spacial score (nSPS) is 14.8. The number of aromatic amines is 1. The highest BCUT2D eigenvalue weighted by Gasteiger charge is 2.13. The Hall–Kier alpha value is -2.93. The van der Waals surface area contributed by atoms with Crippen LogP contribution in [0.25, 0.3) is 22.4 Å². The van der Waals surface area contributed by atoms with Gasteiger partial charge in [-0.1, -0.05) is 6.07 Å². The van der Waals surface area contributed by atoms with Gasteiger partial charge in [-0.15, -0.1) is 0 Å². The number of primary amides is 1. The fraction of sp³-hybridized carbons (Fsp3) is 0.316. The van der Waals surface area contributed by atoms with Crippen LogP contribution in [0.4, 0.5) is 5.82 Å². The number of H-pyrrole nitrogens is 1. The third-order valence-electron chi connectivity index (χ3n) is 4.74. The molecule has 1 amide bonds. The van der Waals surface area contributed by atoms with Crippen LogP contribution in [-0.4, -0.2) is 51.9 Å². The van der Waals surface area contributed by atoms with Crippen molar-refractivity contribution in [3.8, 4) is 11.4 Å². The van der Waals surface area contributed by atoms with Crippen molar-refractivity contribution in [2.24, 2.45) is 5.73 Å². The summed E-state index contributed by atoms with van der Waals surface area (Å²) >= 11 is 0. The first kappa shape index (κ1) is 16.5. The van der Waals surface area contributed by atoms with Gasteiger partial charge in [-0.05, 0) is 50.2 Å². The number of rotatable bonds is 6. The zero-order valence-corrected chi connectivity index (χ0v) is 14.5. The standard InChI is InChI=1S/C19H22N6O/c20-18(26)14-4-3-5-15-17(14)24-19(23-15)13-6-7-21-16(12-13)22-8-11-25-9-1-2-10-25/h3-7,12H,1-2,8-11H2,(H2,20,26)(H,21,22)(H,23,24). The molecule has 1 aliphatic heterocycles. The number of nitrogens with zero attached hydrogens (tertiary/aromatic N) is 3. The van der Waals surface area contributed by atoms with Crippen molar-refractivity contribution in [1.82, 2.24) is 19.9 Å². The zero-order chi connectivity index (χ0) is 17.9. The smallest absolute Gasteiger partial charge is 0.250 e. The van der Waals surface area contributed by atoms with E-state index in [1.54, 1.807) is 18.3 Å². The molecule has 2 aromatic heterocycles. The molecule has 0 aliphatic carbocycles. The maximum Gasteiger partial charge on any atom is 0.250 e. The number of hydrogen-bond acceptors (Lipinski definition) is 5. The second-order valence-electron chi connectivity index (χ2n) is 6.56. The summed E-state index contributed by atoms with van der Waals surface area (Å²) in [7, 11) is 0. The lowest BCUT2D eigenvalue weighted by Gasteiger charge is -2.15. The molecular formula is C19H22N6O. The van der Waals surface area contributed by atoms with E-state index < -0.39 is 5.91 Å². The molecule has 4 N–H and O–H groups in total. The Bertz CT molecular complexity index is 929. The minimum absolute atomic E-state index is 0.419. The summed E-state index contributed by atoms with van der Waals surface area (Å²) in [6.07, 6.45) is 4.36. The molecule has 1 aromatic carbocycles. The van der Waals surface area contributed by atoms with Crippen molar-refractivity contribution < 1.29 is 4.79 Å². The summed E-state index contributed by atoms with van der Waals surface area (Å²) in [4.78, 5) is 26.3. The number of amides is 1. The summed E-state index contributed by atoms with van der Waals surface area (Å²) in [5, 5.41) is 3.38. The fourth-order valence-corrected chi connectivity index (χ4v) is 3.39. The van der Waals surface area contributed by atoms with Gasteiger partial charge in [0.1, 0.15) is 17.2 Å². The van der Waals surface area contributed by atoms with Crippen molar-refractivity contribution in [3.63, 3.8) is 0 Å². The number of para-hydroxylation sites is 1. The Morgan fingerprint density at radius 2 is 2.12 bits per heavy atom. The van der Waals surface area contributed by atoms with E-state index in [1.807, 2.05) is 18.2 Å². The molecule has 1 fully saturated rings. The first-order valence-corrected chi connectivity index (χ1v) is 8.92. The Morgan fingerprint density at radius 3 is 2.92 bits per heavy atom. The van der Waals surface area contributed by atoms with Crippen LogP contribution in [0.3, 0.4) is 0 Å². The number of carbonyl (C=O) groups excluding carboxylic acids is 1. The minimum Gasteiger partial charge on any atom is -0.369 e. The molecule has 3 heterocycles. The lowest BCUT2D eigenvalue weighted by Crippen LogP contribution is -2.26. The van der Waals surface area contributed by atoms with E-state index in [9.17, 15) is 4.79 Å². The van der Waals surface area contributed by atoms with Crippen LogP contribution in [0.2, 0.25) is 0 Å². The van der Waals surface area contributed by atoms with Crippen LogP contribution >= 0.6 is 0 Å². The molecule has 134 valence electrons. The molecule has 0 unspecified atom stereocenters. The Balaban J connectivity index is 1.53. The number of fused-ring (bicyclic) bond motifs is 1. The van der Waals surface area contributed by atoms with Crippen molar-refractivity contribution >= 4 is 22.8 Å². The quantitative estimate of drug-likeness (QED) is 0.633. The molecule has 0 saturated carbocycles. The van der Waals surface area contributed by atoms with Crippen molar-refractivity contribution in [2.75, 3.05) is 31.5 Å². The van der Waals surface area contributed by atoms with E-state index in [-0.39, 0.29) is 0 Å². The SMILES string of the molecule is NC(=O)c1cccc2[nH]c(-c3ccnc(NCCN4CCCC4)c3)nc12. The van der Waals surface area contributed by atoms with Crippen molar-refractivity contribution in [3.05, 3.63) is 42.1 Å². The number of imidazole rings is 1. The second-order valence-corrected chi connectivity index (χ2v) is 6.56. The molecule has 0 bridgehead atoms. The van der Waals surface area contributed by atoms with Gasteiger partial charge >= 0.3 is 0 Å². The van der Waals surface area contributed by atoms with Gasteiger partial charge in [-0.3, -0.25) is 4.79 Å². The van der Waals surface area contributed by atoms with Crippen LogP contribution < -0.4 is 11.1 Å². The Morgan fingerprint density at radius 1 is 1.27 bits per heavy atom. The van der Waals surface area contributed by atoms with Gasteiger partial charge in [0.25, 0.3) is 5.91 Å². The molecule has 1 saturated heterocycles. The number of hydrogen-bond donors (Lipinski definition) is 3. The Labute approximate surface area is 151 Å². The van der Waals surface area contributed by atoms with E-state index in [1.165, 1.54) is 25.9 Å². The van der Waals surface area contributed by atoms with Gasteiger partial charge in [-0.25, -0.2) is 9.97 Å². The lowest BCUT2D eigenvalue weighted by atomic mass is 10.2. The number of benzene rings is 1. The summed E-state index contributed by atoms with van der Waals surface area (Å²) < 4.78 is 0. The molecule has 7 heteroatoms. The third-order valence-corrected chi connectivity index (χ3v) is 4.74. The molecule has 26 heavy (non-hydrogen) atoms. The molecule has 7 nitrogen and oxygen atoms in total. The molecule has 0 spiro atoms. The highest BCUT2D eigenvalue weighted by molar-refractivity contribution is 6.04. The number of aromatic nitrogens is 3. The van der Waals surface area contributed by atoms with Crippen molar-refractivity contribution in [2.45, 2.75) is 12.8 Å². The second kappa shape index (κ2) is 7.13. The van der Waals surface area contributed by atoms with Crippen LogP contribution in [-0.2, 0) is 0 Å². The molecule has 3 aromatic rings. The van der Waals surface area contributed by atoms with Crippen LogP contribution in [0.1, 0.15) is 23.2 Å². The number of anilines is 1. The highest BCUT2D eigenvalue weighted by Crippen LogP contribution is 2.24. The molecule has 4 rings (SSSR count). The molecule has 0 radical (unpaired) electrons. The first-order valence-electron chi connectivity index (χ1n) is 8.92. The van der Waals surface area contributed by atoms with E-state index in [0.29, 0.717) is 16.9 Å². The minimum atomic E-state index is -0.479. The first-order chi connectivity index (χ1) is 12.7. The predicted molar refractivity (Wildman–Crippen MR) is 102 cm³/mol. The molecular weight excluding hydrogens is 328 g/mol. The number of carbonyl (C=O) groups is 1. The summed E-state index contributed by atoms with van der Waals surface area (Å²) in [5.74, 6) is 1.03. The third kappa shape index (κ3) is 3.39. The maximum atomic E-state index is 11.6. The van der Waals surface area contributed by atoms with E-state index in [0.717, 1.165) is 30.0 Å². The van der Waals surface area contributed by atoms with Crippen molar-refractivity contribution in [1.29, 1.82) is 0 Å². The number of likely N-dealkylation sites (tertiary alicyclic amines) is 1. The fourth-order valence-electron chi connectivity index (χ4n) is 3.39.